The second-order valence-electron chi connectivity index (χ2n) is 5.97. The minimum absolute atomic E-state index is 0.0154. The number of thioether (sulfide) groups is 1. The zero-order chi connectivity index (χ0) is 15.0. The zero-order valence-electron chi connectivity index (χ0n) is 12.0. The molecule has 2 atom stereocenters. The van der Waals surface area contributed by atoms with E-state index < -0.39 is 11.6 Å². The summed E-state index contributed by atoms with van der Waals surface area (Å²) in [5, 5.41) is 0. The number of carbonyl (C=O) groups is 1. The number of ether oxygens (including phenoxy) is 1. The maximum atomic E-state index is 13.9. The summed E-state index contributed by atoms with van der Waals surface area (Å²) in [6.07, 6.45) is 2.21. The van der Waals surface area contributed by atoms with Gasteiger partial charge in [0.1, 0.15) is 11.6 Å². The van der Waals surface area contributed by atoms with Crippen LogP contribution in [-0.4, -0.2) is 29.5 Å². The molecule has 5 heteroatoms. The predicted octanol–water partition coefficient (Wildman–Crippen LogP) is 3.76. The van der Waals surface area contributed by atoms with Crippen LogP contribution in [0.1, 0.15) is 35.2 Å². The van der Waals surface area contributed by atoms with Crippen LogP contribution in [0.4, 0.5) is 8.78 Å². The molecule has 2 aliphatic rings. The van der Waals surface area contributed by atoms with Gasteiger partial charge in [0.25, 0.3) is 0 Å². The molecule has 2 fully saturated rings. The second kappa shape index (κ2) is 5.69. The first-order valence-electron chi connectivity index (χ1n) is 7.22. The molecule has 114 valence electrons. The van der Waals surface area contributed by atoms with Gasteiger partial charge < -0.3 is 4.74 Å². The minimum Gasteiger partial charge on any atom is -0.374 e. The molecule has 1 spiro atoms. The highest BCUT2D eigenvalue weighted by molar-refractivity contribution is 7.99. The number of rotatable bonds is 2. The van der Waals surface area contributed by atoms with Crippen LogP contribution in [0.2, 0.25) is 0 Å². The van der Waals surface area contributed by atoms with Crippen molar-refractivity contribution in [1.82, 2.24) is 0 Å². The molecule has 1 aromatic rings. The lowest BCUT2D eigenvalue weighted by atomic mass is 9.81. The fraction of sp³-hybridized carbons (Fsp3) is 0.562. The van der Waals surface area contributed by atoms with Crippen molar-refractivity contribution in [3.63, 3.8) is 0 Å². The van der Waals surface area contributed by atoms with Gasteiger partial charge >= 0.3 is 0 Å². The fourth-order valence-electron chi connectivity index (χ4n) is 3.18. The van der Waals surface area contributed by atoms with Crippen molar-refractivity contribution in [2.45, 2.75) is 31.8 Å². The van der Waals surface area contributed by atoms with Crippen LogP contribution in [0.15, 0.2) is 12.1 Å². The van der Waals surface area contributed by atoms with E-state index in [1.807, 2.05) is 11.8 Å². The van der Waals surface area contributed by atoms with Gasteiger partial charge in [-0.2, -0.15) is 11.8 Å². The van der Waals surface area contributed by atoms with Gasteiger partial charge in [-0.3, -0.25) is 4.79 Å². The SMILES string of the molecule is Cc1cc(C(=O)C2CCOC3(CCSC3)C2)c(F)cc1F. The molecule has 0 aromatic heterocycles. The zero-order valence-corrected chi connectivity index (χ0v) is 12.8. The molecule has 0 radical (unpaired) electrons. The average molecular weight is 312 g/mol. The van der Waals surface area contributed by atoms with Crippen molar-refractivity contribution in [3.8, 4) is 0 Å². The van der Waals surface area contributed by atoms with E-state index in [0.29, 0.717) is 25.0 Å². The van der Waals surface area contributed by atoms with Crippen LogP contribution in [0.5, 0.6) is 0 Å². The summed E-state index contributed by atoms with van der Waals surface area (Å²) >= 11 is 1.84. The van der Waals surface area contributed by atoms with E-state index in [4.69, 9.17) is 4.74 Å². The number of aryl methyl sites for hydroxylation is 1. The van der Waals surface area contributed by atoms with Gasteiger partial charge in [-0.25, -0.2) is 8.78 Å². The smallest absolute Gasteiger partial charge is 0.169 e. The Morgan fingerprint density at radius 3 is 2.90 bits per heavy atom. The highest BCUT2D eigenvalue weighted by Crippen LogP contribution is 2.41. The van der Waals surface area contributed by atoms with Gasteiger partial charge in [0, 0.05) is 24.3 Å². The Morgan fingerprint density at radius 1 is 1.38 bits per heavy atom. The standard InChI is InChI=1S/C16H18F2O2S/c1-10-6-12(14(18)7-13(10)17)15(19)11-2-4-20-16(8-11)3-5-21-9-16/h6-7,11H,2-5,8-9H2,1H3. The van der Waals surface area contributed by atoms with Crippen LogP contribution < -0.4 is 0 Å². The molecule has 0 N–H and O–H groups in total. The third kappa shape index (κ3) is 2.86. The summed E-state index contributed by atoms with van der Waals surface area (Å²) < 4.78 is 33.1. The molecule has 2 nitrogen and oxygen atoms in total. The van der Waals surface area contributed by atoms with E-state index in [-0.39, 0.29) is 22.9 Å². The van der Waals surface area contributed by atoms with E-state index >= 15 is 0 Å². The molecule has 3 rings (SSSR count). The van der Waals surface area contributed by atoms with Crippen molar-refractivity contribution in [1.29, 1.82) is 0 Å². The molecular formula is C16H18F2O2S. The van der Waals surface area contributed by atoms with Crippen LogP contribution in [0, 0.1) is 24.5 Å². The van der Waals surface area contributed by atoms with E-state index in [9.17, 15) is 13.6 Å². The molecule has 0 bridgehead atoms. The van der Waals surface area contributed by atoms with Gasteiger partial charge in [-0.05, 0) is 43.6 Å². The number of Topliss-reactive ketones (excluding diaryl/α,β-unsaturated/α-hetero) is 1. The fourth-order valence-corrected chi connectivity index (χ4v) is 4.56. The van der Waals surface area contributed by atoms with Crippen molar-refractivity contribution >= 4 is 17.5 Å². The molecule has 1 aromatic carbocycles. The maximum Gasteiger partial charge on any atom is 0.169 e. The normalized spacial score (nSPS) is 29.0. The Hall–Kier alpha value is -0.940. The molecule has 0 amide bonds. The second-order valence-corrected chi connectivity index (χ2v) is 7.07. The summed E-state index contributed by atoms with van der Waals surface area (Å²) in [7, 11) is 0. The van der Waals surface area contributed by atoms with Gasteiger partial charge in [-0.1, -0.05) is 0 Å². The Labute approximate surface area is 127 Å². The van der Waals surface area contributed by atoms with Crippen molar-refractivity contribution in [3.05, 3.63) is 34.9 Å². The minimum atomic E-state index is -0.760. The topological polar surface area (TPSA) is 26.3 Å². The monoisotopic (exact) mass is 312 g/mol. The third-order valence-corrected chi connectivity index (χ3v) is 5.67. The average Bonchev–Trinajstić information content (AvgIpc) is 2.90. The first-order valence-corrected chi connectivity index (χ1v) is 8.38. The highest BCUT2D eigenvalue weighted by atomic mass is 32.2. The van der Waals surface area contributed by atoms with Crippen molar-refractivity contribution < 1.29 is 18.3 Å². The number of carbonyl (C=O) groups excluding carboxylic acids is 1. The molecule has 2 unspecified atom stereocenters. The molecule has 0 saturated carbocycles. The number of hydrogen-bond donors (Lipinski definition) is 0. The highest BCUT2D eigenvalue weighted by Gasteiger charge is 2.42. The number of halogens is 2. The van der Waals surface area contributed by atoms with E-state index in [2.05, 4.69) is 0 Å². The van der Waals surface area contributed by atoms with Gasteiger partial charge in [0.05, 0.1) is 11.2 Å². The third-order valence-electron chi connectivity index (χ3n) is 4.44. The lowest BCUT2D eigenvalue weighted by molar-refractivity contribution is -0.0735. The largest absolute Gasteiger partial charge is 0.374 e. The summed E-state index contributed by atoms with van der Waals surface area (Å²) in [6, 6.07) is 2.14. The maximum absolute atomic E-state index is 13.9. The summed E-state index contributed by atoms with van der Waals surface area (Å²) in [5.41, 5.74) is 0.106. The molecular weight excluding hydrogens is 294 g/mol. The number of ketones is 1. The molecule has 21 heavy (non-hydrogen) atoms. The quantitative estimate of drug-likeness (QED) is 0.778. The van der Waals surface area contributed by atoms with Crippen LogP contribution >= 0.6 is 11.8 Å². The van der Waals surface area contributed by atoms with Crippen LogP contribution in [-0.2, 0) is 4.74 Å². The Bertz CT molecular complexity index is 568. The van der Waals surface area contributed by atoms with Crippen LogP contribution in [0.25, 0.3) is 0 Å². The van der Waals surface area contributed by atoms with Gasteiger partial charge in [-0.15, -0.1) is 0 Å². The first-order chi connectivity index (χ1) is 10.0. The molecule has 2 saturated heterocycles. The summed E-state index contributed by atoms with van der Waals surface area (Å²) in [4.78, 5) is 12.6. The van der Waals surface area contributed by atoms with Crippen LogP contribution in [0.3, 0.4) is 0 Å². The Morgan fingerprint density at radius 2 is 2.19 bits per heavy atom. The van der Waals surface area contributed by atoms with Gasteiger partial charge in [0.15, 0.2) is 5.78 Å². The van der Waals surface area contributed by atoms with Crippen molar-refractivity contribution in [2.24, 2.45) is 5.92 Å². The molecule has 2 aliphatic heterocycles. The van der Waals surface area contributed by atoms with E-state index in [1.165, 1.54) is 6.07 Å². The summed E-state index contributed by atoms with van der Waals surface area (Å²) in [6.45, 7) is 2.09. The van der Waals surface area contributed by atoms with Crippen molar-refractivity contribution in [2.75, 3.05) is 18.1 Å². The Kier molecular flexibility index (Phi) is 4.06. The number of benzene rings is 1. The first kappa shape index (κ1) is 15.0. The van der Waals surface area contributed by atoms with Gasteiger partial charge in [0.2, 0.25) is 0 Å². The van der Waals surface area contributed by atoms with E-state index in [1.54, 1.807) is 6.92 Å². The lowest BCUT2D eigenvalue weighted by Crippen LogP contribution is -2.42. The Balaban J connectivity index is 1.83. The van der Waals surface area contributed by atoms with E-state index in [0.717, 1.165) is 24.0 Å². The molecule has 2 heterocycles. The summed E-state index contributed by atoms with van der Waals surface area (Å²) in [5.74, 6) is 0.142. The number of hydrogen-bond acceptors (Lipinski definition) is 3. The lowest BCUT2D eigenvalue weighted by Gasteiger charge is -2.37. The molecule has 0 aliphatic carbocycles. The predicted molar refractivity (Wildman–Crippen MR) is 78.8 cm³/mol.